The second-order valence-electron chi connectivity index (χ2n) is 16.0. The molecule has 0 N–H and O–H groups in total. The van der Waals surface area contributed by atoms with Gasteiger partial charge in [-0.1, -0.05) is 111 Å². The fraction of sp³-hybridized carbons (Fsp3) is 0.348. The van der Waals surface area contributed by atoms with Crippen molar-refractivity contribution < 1.29 is 19.1 Å². The maximum absolute atomic E-state index is 13.3. The van der Waals surface area contributed by atoms with Gasteiger partial charge in [0.25, 0.3) is 0 Å². The Morgan fingerprint density at radius 2 is 1.67 bits per heavy atom. The van der Waals surface area contributed by atoms with Crippen molar-refractivity contribution in [1.82, 2.24) is 0 Å². The topological polar surface area (TPSA) is 52.6 Å². The minimum atomic E-state index is -1.73. The highest BCUT2D eigenvalue weighted by atomic mass is 28.3. The fourth-order valence-corrected chi connectivity index (χ4v) is 9.20. The van der Waals surface area contributed by atoms with Crippen LogP contribution >= 0.6 is 0 Å². The number of benzene rings is 3. The summed E-state index contributed by atoms with van der Waals surface area (Å²) in [7, 11) is -3.31. The molecule has 4 aliphatic rings. The Labute approximate surface area is 312 Å². The summed E-state index contributed by atoms with van der Waals surface area (Å²) in [6.07, 6.45) is 11.7. The van der Waals surface area contributed by atoms with E-state index in [1.165, 1.54) is 42.0 Å². The van der Waals surface area contributed by atoms with E-state index in [-0.39, 0.29) is 11.6 Å². The van der Waals surface area contributed by atoms with Gasteiger partial charge in [-0.05, 0) is 95.0 Å². The van der Waals surface area contributed by atoms with Crippen LogP contribution in [0.15, 0.2) is 78.4 Å². The summed E-state index contributed by atoms with van der Waals surface area (Å²) < 4.78 is 11.4. The van der Waals surface area contributed by atoms with Gasteiger partial charge in [-0.15, -0.1) is 5.54 Å². The first-order valence-corrected chi connectivity index (χ1v) is 25.4. The number of allylic oxidation sites excluding steroid dienone is 2. The van der Waals surface area contributed by atoms with E-state index < -0.39 is 16.1 Å². The largest absolute Gasteiger partial charge is 0.376 e. The summed E-state index contributed by atoms with van der Waals surface area (Å²) in [4.78, 5) is 25.6. The summed E-state index contributed by atoms with van der Waals surface area (Å²) >= 11 is 0. The van der Waals surface area contributed by atoms with Gasteiger partial charge < -0.3 is 9.47 Å². The lowest BCUT2D eigenvalue weighted by molar-refractivity contribution is 0.101. The summed E-state index contributed by atoms with van der Waals surface area (Å²) in [5, 5.41) is 1.32. The Kier molecular flexibility index (Phi) is 11.5. The van der Waals surface area contributed by atoms with E-state index in [1.54, 1.807) is 11.6 Å². The Balaban J connectivity index is 0.000000179. The van der Waals surface area contributed by atoms with E-state index in [0.717, 1.165) is 34.8 Å². The highest BCUT2D eigenvalue weighted by molar-refractivity contribution is 6.90. The van der Waals surface area contributed by atoms with Crippen molar-refractivity contribution in [2.45, 2.75) is 77.5 Å². The van der Waals surface area contributed by atoms with Crippen LogP contribution in [-0.2, 0) is 16.1 Å². The molecular weight excluding hydrogens is 673 g/mol. The SMILES string of the molecule is C[Si](C)(C)C#CC(=O)c1ccccc1C#CC#CCOC/C=C/C1CC1.C[Si](C)(C)c1c2c(cc3c1C(=O)c1ccccc1-3)C(C=C1CC1)COC2. The minimum Gasteiger partial charge on any atom is -0.376 e. The number of rotatable bonds is 7. The third-order valence-corrected chi connectivity index (χ3v) is 12.2. The van der Waals surface area contributed by atoms with Crippen LogP contribution in [0.25, 0.3) is 11.1 Å². The van der Waals surface area contributed by atoms with Crippen molar-refractivity contribution in [1.29, 1.82) is 0 Å². The van der Waals surface area contributed by atoms with Gasteiger partial charge >= 0.3 is 0 Å². The van der Waals surface area contributed by atoms with E-state index in [4.69, 9.17) is 9.47 Å². The molecule has 0 spiro atoms. The van der Waals surface area contributed by atoms with Crippen LogP contribution in [-0.4, -0.2) is 47.5 Å². The van der Waals surface area contributed by atoms with Crippen molar-refractivity contribution in [3.8, 4) is 46.3 Å². The van der Waals surface area contributed by atoms with Crippen molar-refractivity contribution in [2.24, 2.45) is 5.92 Å². The van der Waals surface area contributed by atoms with Gasteiger partial charge in [0.05, 0.1) is 27.9 Å². The van der Waals surface area contributed by atoms with Crippen LogP contribution in [0.1, 0.15) is 74.6 Å². The highest BCUT2D eigenvalue weighted by Gasteiger charge is 2.38. The fourth-order valence-electron chi connectivity index (χ4n) is 6.59. The molecule has 2 saturated carbocycles. The van der Waals surface area contributed by atoms with Gasteiger partial charge in [0.2, 0.25) is 5.78 Å². The monoisotopic (exact) mass is 720 g/mol. The van der Waals surface area contributed by atoms with E-state index in [9.17, 15) is 9.59 Å². The maximum atomic E-state index is 13.3. The molecule has 0 bridgehead atoms. The molecule has 3 aromatic carbocycles. The van der Waals surface area contributed by atoms with Gasteiger partial charge in [0.1, 0.15) is 14.7 Å². The van der Waals surface area contributed by atoms with Crippen LogP contribution in [0, 0.1) is 41.1 Å². The van der Waals surface area contributed by atoms with E-state index >= 15 is 0 Å². The van der Waals surface area contributed by atoms with E-state index in [2.05, 4.69) is 98.7 Å². The first-order chi connectivity index (χ1) is 24.9. The molecule has 0 saturated heterocycles. The summed E-state index contributed by atoms with van der Waals surface area (Å²) in [5.74, 6) is 15.3. The number of hydrogen-bond donors (Lipinski definition) is 0. The Bertz CT molecular complexity index is 2130. The van der Waals surface area contributed by atoms with Crippen LogP contribution in [0.5, 0.6) is 0 Å². The van der Waals surface area contributed by atoms with E-state index in [0.29, 0.717) is 36.9 Å². The molecule has 52 heavy (non-hydrogen) atoms. The standard InChI is InChI=1S/2C23H24O2Si/c1-26(2,3)23-20-13-25-12-15(10-14-8-9-14)18(20)11-19-16-6-4-5-7-17(16)22(24)21(19)23;1-26(2,3)19-16-23(24)22-13-7-6-12-21(22)11-5-4-8-17-25-18-9-10-20-14-15-20/h4-7,10-11,15H,8-9,12-13H2,1-3H3;6-7,9-10,12-13,20H,14-15,17-18H2,1-3H3/b;10-9+. The predicted molar refractivity (Wildman–Crippen MR) is 217 cm³/mol. The second-order valence-corrected chi connectivity index (χ2v) is 25.8. The maximum Gasteiger partial charge on any atom is 0.236 e. The molecule has 0 radical (unpaired) electrons. The van der Waals surface area contributed by atoms with Crippen molar-refractivity contribution in [3.63, 3.8) is 0 Å². The van der Waals surface area contributed by atoms with Crippen LogP contribution < -0.4 is 5.19 Å². The zero-order valence-corrected chi connectivity index (χ0v) is 33.4. The Morgan fingerprint density at radius 3 is 2.38 bits per heavy atom. The molecular formula is C46H48O4Si2. The average Bonchev–Trinajstić information content (AvgIpc) is 4.06. The van der Waals surface area contributed by atoms with Gasteiger partial charge in [-0.2, -0.15) is 0 Å². The first kappa shape index (κ1) is 37.3. The normalized spacial score (nSPS) is 16.8. The Morgan fingerprint density at radius 1 is 0.942 bits per heavy atom. The molecule has 0 aromatic heterocycles. The number of Topliss-reactive ketones (excluding diaryl/α,β-unsaturated/α-hetero) is 1. The Hall–Kier alpha value is -4.49. The predicted octanol–water partition coefficient (Wildman–Crippen LogP) is 8.87. The highest BCUT2D eigenvalue weighted by Crippen LogP contribution is 2.42. The third kappa shape index (κ3) is 9.48. The number of hydrogen-bond acceptors (Lipinski definition) is 4. The molecule has 3 aliphatic carbocycles. The molecule has 6 heteroatoms. The molecule has 1 atom stereocenters. The zero-order chi connectivity index (χ0) is 36.9. The summed E-state index contributed by atoms with van der Waals surface area (Å²) in [6, 6.07) is 17.7. The molecule has 3 aromatic rings. The van der Waals surface area contributed by atoms with E-state index in [1.807, 2.05) is 42.5 Å². The molecule has 1 heterocycles. The molecule has 1 aliphatic heterocycles. The molecule has 0 amide bonds. The smallest absolute Gasteiger partial charge is 0.236 e. The number of carbonyl (C=O) groups excluding carboxylic acids is 2. The third-order valence-electron chi connectivity index (χ3n) is 9.32. The second kappa shape index (κ2) is 16.0. The average molecular weight is 721 g/mol. The molecule has 4 nitrogen and oxygen atoms in total. The lowest BCUT2D eigenvalue weighted by Crippen LogP contribution is -2.45. The number of fused-ring (bicyclic) bond motifs is 4. The first-order valence-electron chi connectivity index (χ1n) is 18.4. The number of ketones is 2. The zero-order valence-electron chi connectivity index (χ0n) is 31.4. The number of carbonyl (C=O) groups is 2. The van der Waals surface area contributed by atoms with Crippen LogP contribution in [0.3, 0.4) is 0 Å². The summed E-state index contributed by atoms with van der Waals surface area (Å²) in [5.41, 5.74) is 12.6. The lowest BCUT2D eigenvalue weighted by Gasteiger charge is -2.32. The molecule has 1 unspecified atom stereocenters. The van der Waals surface area contributed by atoms with Crippen molar-refractivity contribution in [3.05, 3.63) is 112 Å². The van der Waals surface area contributed by atoms with Gasteiger partial charge in [-0.25, -0.2) is 0 Å². The van der Waals surface area contributed by atoms with Crippen molar-refractivity contribution >= 4 is 32.9 Å². The van der Waals surface area contributed by atoms with Gasteiger partial charge in [0, 0.05) is 28.2 Å². The van der Waals surface area contributed by atoms with Gasteiger partial charge in [-0.3, -0.25) is 9.59 Å². The molecule has 264 valence electrons. The van der Waals surface area contributed by atoms with Crippen molar-refractivity contribution in [2.75, 3.05) is 19.8 Å². The summed E-state index contributed by atoms with van der Waals surface area (Å²) in [6.45, 7) is 15.7. The molecule has 7 rings (SSSR count). The quantitative estimate of drug-likeness (QED) is 0.0630. The number of ether oxygens (including phenoxy) is 2. The molecule has 2 fully saturated rings. The van der Waals surface area contributed by atoms with Crippen LogP contribution in [0.4, 0.5) is 0 Å². The minimum absolute atomic E-state index is 0.184. The van der Waals surface area contributed by atoms with Crippen LogP contribution in [0.2, 0.25) is 39.3 Å². The van der Waals surface area contributed by atoms with Gasteiger partial charge in [0.15, 0.2) is 5.78 Å². The lowest BCUT2D eigenvalue weighted by atomic mass is 9.88.